The Morgan fingerprint density at radius 3 is 2.71 bits per heavy atom. The van der Waals surface area contributed by atoms with E-state index in [-0.39, 0.29) is 17.9 Å². The van der Waals surface area contributed by atoms with Crippen molar-refractivity contribution in [3.8, 4) is 0 Å². The number of rotatable bonds is 1. The molecule has 3 heterocycles. The molecule has 2 amide bonds. The zero-order valence-corrected chi connectivity index (χ0v) is 14.3. The molecule has 2 saturated heterocycles. The molecule has 1 aromatic carbocycles. The molecule has 128 valence electrons. The summed E-state index contributed by atoms with van der Waals surface area (Å²) >= 11 is 0. The summed E-state index contributed by atoms with van der Waals surface area (Å²) in [4.78, 5) is 29.3. The van der Waals surface area contributed by atoms with Crippen LogP contribution in [0.2, 0.25) is 0 Å². The summed E-state index contributed by atoms with van der Waals surface area (Å²) in [7, 11) is 0. The highest BCUT2D eigenvalue weighted by molar-refractivity contribution is 6.05. The van der Waals surface area contributed by atoms with E-state index in [2.05, 4.69) is 17.1 Å². The number of nitrogens with one attached hydrogen (secondary N) is 1. The van der Waals surface area contributed by atoms with Crippen LogP contribution in [0.4, 0.5) is 11.4 Å². The number of likely N-dealkylation sites (tertiary alicyclic amines) is 1. The third-order valence-corrected chi connectivity index (χ3v) is 5.69. The van der Waals surface area contributed by atoms with E-state index >= 15 is 0 Å². The van der Waals surface area contributed by atoms with Crippen LogP contribution in [0.25, 0.3) is 0 Å². The van der Waals surface area contributed by atoms with Gasteiger partial charge in [0.25, 0.3) is 5.91 Å². The summed E-state index contributed by atoms with van der Waals surface area (Å²) in [5.74, 6) is 0.853. The van der Waals surface area contributed by atoms with Crippen molar-refractivity contribution < 1.29 is 9.59 Å². The second-order valence-electron chi connectivity index (χ2n) is 7.40. The molecule has 0 spiro atoms. The van der Waals surface area contributed by atoms with Gasteiger partial charge >= 0.3 is 0 Å². The normalized spacial score (nSPS) is 24.2. The Morgan fingerprint density at radius 1 is 1.12 bits per heavy atom. The molecule has 24 heavy (non-hydrogen) atoms. The second-order valence-corrected chi connectivity index (χ2v) is 7.40. The van der Waals surface area contributed by atoms with E-state index in [9.17, 15) is 9.59 Å². The molecule has 0 unspecified atom stereocenters. The maximum absolute atomic E-state index is 12.8. The number of hydrogen-bond donors (Lipinski definition) is 1. The van der Waals surface area contributed by atoms with Gasteiger partial charge in [-0.2, -0.15) is 0 Å². The smallest absolute Gasteiger partial charge is 0.253 e. The molecule has 0 bridgehead atoms. The third kappa shape index (κ3) is 2.66. The van der Waals surface area contributed by atoms with Crippen molar-refractivity contribution in [3.05, 3.63) is 23.8 Å². The predicted molar refractivity (Wildman–Crippen MR) is 94.4 cm³/mol. The van der Waals surface area contributed by atoms with Gasteiger partial charge < -0.3 is 15.1 Å². The SMILES string of the molecule is CC1CCN(C(=O)c2ccc3c(c2)NC(=O)[C@@H]2CCCCN32)CC1. The number of nitrogens with zero attached hydrogens (tertiary/aromatic N) is 2. The fourth-order valence-corrected chi connectivity index (χ4v) is 4.12. The van der Waals surface area contributed by atoms with E-state index < -0.39 is 0 Å². The topological polar surface area (TPSA) is 52.7 Å². The number of benzene rings is 1. The van der Waals surface area contributed by atoms with Crippen molar-refractivity contribution in [1.29, 1.82) is 0 Å². The van der Waals surface area contributed by atoms with E-state index in [0.717, 1.165) is 63.1 Å². The van der Waals surface area contributed by atoms with Crippen LogP contribution in [0, 0.1) is 5.92 Å². The average molecular weight is 327 g/mol. The van der Waals surface area contributed by atoms with Gasteiger partial charge in [0, 0.05) is 25.2 Å². The predicted octanol–water partition coefficient (Wildman–Crippen LogP) is 2.87. The molecule has 0 aliphatic carbocycles. The van der Waals surface area contributed by atoms with Crippen LogP contribution in [0.1, 0.15) is 49.4 Å². The van der Waals surface area contributed by atoms with Crippen molar-refractivity contribution in [3.63, 3.8) is 0 Å². The van der Waals surface area contributed by atoms with Crippen molar-refractivity contribution in [2.45, 2.75) is 45.1 Å². The number of carbonyl (C=O) groups excluding carboxylic acids is 2. The van der Waals surface area contributed by atoms with E-state index in [4.69, 9.17) is 0 Å². The molecule has 0 radical (unpaired) electrons. The van der Waals surface area contributed by atoms with Gasteiger partial charge in [0.1, 0.15) is 6.04 Å². The van der Waals surface area contributed by atoms with Gasteiger partial charge in [-0.15, -0.1) is 0 Å². The lowest BCUT2D eigenvalue weighted by atomic mass is 9.96. The van der Waals surface area contributed by atoms with Gasteiger partial charge in [-0.25, -0.2) is 0 Å². The van der Waals surface area contributed by atoms with Gasteiger partial charge in [-0.3, -0.25) is 9.59 Å². The quantitative estimate of drug-likeness (QED) is 0.863. The summed E-state index contributed by atoms with van der Waals surface area (Å²) in [6.45, 7) is 4.82. The monoisotopic (exact) mass is 327 g/mol. The summed E-state index contributed by atoms with van der Waals surface area (Å²) in [6, 6.07) is 5.74. The van der Waals surface area contributed by atoms with Crippen LogP contribution >= 0.6 is 0 Å². The first-order valence-electron chi connectivity index (χ1n) is 9.14. The Kier molecular flexibility index (Phi) is 3.94. The van der Waals surface area contributed by atoms with Crippen LogP contribution in [-0.4, -0.2) is 42.4 Å². The first-order chi connectivity index (χ1) is 11.6. The minimum absolute atomic E-state index is 0.0450. The largest absolute Gasteiger partial charge is 0.358 e. The van der Waals surface area contributed by atoms with Crippen molar-refractivity contribution >= 4 is 23.2 Å². The lowest BCUT2D eigenvalue weighted by Gasteiger charge is -2.41. The molecular formula is C19H25N3O2. The first-order valence-corrected chi connectivity index (χ1v) is 9.14. The standard InChI is InChI=1S/C19H25N3O2/c1-13-7-10-21(11-8-13)19(24)14-5-6-16-15(12-14)20-18(23)17-4-2-3-9-22(16)17/h5-6,12-13,17H,2-4,7-11H2,1H3,(H,20,23)/t17-/m0/s1. The number of anilines is 2. The van der Waals surface area contributed by atoms with E-state index in [0.29, 0.717) is 11.5 Å². The van der Waals surface area contributed by atoms with Gasteiger partial charge in [0.2, 0.25) is 5.91 Å². The number of fused-ring (bicyclic) bond motifs is 3. The zero-order chi connectivity index (χ0) is 16.7. The molecule has 0 aromatic heterocycles. The molecular weight excluding hydrogens is 302 g/mol. The summed E-state index contributed by atoms with van der Waals surface area (Å²) in [5.41, 5.74) is 2.52. The maximum Gasteiger partial charge on any atom is 0.253 e. The van der Waals surface area contributed by atoms with Crippen molar-refractivity contribution in [2.75, 3.05) is 29.9 Å². The molecule has 1 N–H and O–H groups in total. The van der Waals surface area contributed by atoms with E-state index in [1.807, 2.05) is 23.1 Å². The molecule has 2 fully saturated rings. The maximum atomic E-state index is 12.8. The molecule has 5 nitrogen and oxygen atoms in total. The third-order valence-electron chi connectivity index (χ3n) is 5.69. The number of hydrogen-bond acceptors (Lipinski definition) is 3. The molecule has 3 aliphatic rings. The Hall–Kier alpha value is -2.04. The average Bonchev–Trinajstić information content (AvgIpc) is 2.61. The van der Waals surface area contributed by atoms with Crippen LogP contribution in [0.5, 0.6) is 0 Å². The van der Waals surface area contributed by atoms with Crippen LogP contribution < -0.4 is 10.2 Å². The van der Waals surface area contributed by atoms with Crippen LogP contribution in [0.15, 0.2) is 18.2 Å². The van der Waals surface area contributed by atoms with E-state index in [1.165, 1.54) is 0 Å². The van der Waals surface area contributed by atoms with Gasteiger partial charge in [0.15, 0.2) is 0 Å². The Balaban J connectivity index is 1.58. The highest BCUT2D eigenvalue weighted by Crippen LogP contribution is 2.36. The summed E-state index contributed by atoms with van der Waals surface area (Å²) in [6.07, 6.45) is 5.29. The number of piperidine rings is 2. The van der Waals surface area contributed by atoms with Crippen molar-refractivity contribution in [2.24, 2.45) is 5.92 Å². The van der Waals surface area contributed by atoms with Crippen LogP contribution in [0.3, 0.4) is 0 Å². The number of amides is 2. The molecule has 0 saturated carbocycles. The molecule has 4 rings (SSSR count). The Labute approximate surface area is 143 Å². The highest BCUT2D eigenvalue weighted by atomic mass is 16.2. The molecule has 1 aromatic rings. The van der Waals surface area contributed by atoms with Crippen molar-refractivity contribution in [1.82, 2.24) is 4.90 Å². The summed E-state index contributed by atoms with van der Waals surface area (Å²) < 4.78 is 0. The second kappa shape index (κ2) is 6.11. The zero-order valence-electron chi connectivity index (χ0n) is 14.3. The van der Waals surface area contributed by atoms with Gasteiger partial charge in [0.05, 0.1) is 11.4 Å². The molecule has 1 atom stereocenters. The van der Waals surface area contributed by atoms with E-state index in [1.54, 1.807) is 0 Å². The fourth-order valence-electron chi connectivity index (χ4n) is 4.12. The Morgan fingerprint density at radius 2 is 1.92 bits per heavy atom. The minimum atomic E-state index is -0.0450. The minimum Gasteiger partial charge on any atom is -0.358 e. The Bertz CT molecular complexity index is 665. The van der Waals surface area contributed by atoms with Gasteiger partial charge in [-0.1, -0.05) is 6.92 Å². The summed E-state index contributed by atoms with van der Waals surface area (Å²) in [5, 5.41) is 3.01. The highest BCUT2D eigenvalue weighted by Gasteiger charge is 2.35. The number of carbonyl (C=O) groups is 2. The first kappa shape index (κ1) is 15.5. The van der Waals surface area contributed by atoms with Crippen LogP contribution in [-0.2, 0) is 4.79 Å². The lowest BCUT2D eigenvalue weighted by molar-refractivity contribution is -0.118. The fraction of sp³-hybridized carbons (Fsp3) is 0.579. The van der Waals surface area contributed by atoms with Gasteiger partial charge in [-0.05, 0) is 56.2 Å². The molecule has 3 aliphatic heterocycles. The molecule has 5 heteroatoms. The lowest BCUT2D eigenvalue weighted by Crippen LogP contribution is -2.50.